The second-order valence-electron chi connectivity index (χ2n) is 5.67. The molecule has 0 bridgehead atoms. The molecule has 1 saturated heterocycles. The first-order valence-corrected chi connectivity index (χ1v) is 8.03. The van der Waals surface area contributed by atoms with Crippen molar-refractivity contribution in [2.75, 3.05) is 13.1 Å². The van der Waals surface area contributed by atoms with Crippen molar-refractivity contribution in [3.05, 3.63) is 21.3 Å². The molecular formula is C14H23ClN2S. The van der Waals surface area contributed by atoms with Crippen LogP contribution >= 0.6 is 22.9 Å². The van der Waals surface area contributed by atoms with Gasteiger partial charge in [0.15, 0.2) is 0 Å². The van der Waals surface area contributed by atoms with E-state index in [1.807, 2.05) is 11.4 Å². The van der Waals surface area contributed by atoms with E-state index in [9.17, 15) is 0 Å². The van der Waals surface area contributed by atoms with E-state index >= 15 is 0 Å². The van der Waals surface area contributed by atoms with Gasteiger partial charge in [-0.3, -0.25) is 4.90 Å². The molecule has 2 nitrogen and oxygen atoms in total. The van der Waals surface area contributed by atoms with Crippen LogP contribution in [0.4, 0.5) is 0 Å². The Morgan fingerprint density at radius 2 is 1.89 bits per heavy atom. The molecule has 102 valence electrons. The van der Waals surface area contributed by atoms with Gasteiger partial charge in [0, 0.05) is 10.4 Å². The van der Waals surface area contributed by atoms with Crippen molar-refractivity contribution in [1.82, 2.24) is 4.90 Å². The highest BCUT2D eigenvalue weighted by molar-refractivity contribution is 7.10. The van der Waals surface area contributed by atoms with E-state index in [1.54, 1.807) is 11.3 Å². The highest BCUT2D eigenvalue weighted by atomic mass is 35.5. The fourth-order valence-electron chi connectivity index (χ4n) is 2.69. The summed E-state index contributed by atoms with van der Waals surface area (Å²) in [6.45, 7) is 6.81. The third kappa shape index (κ3) is 2.90. The third-order valence-electron chi connectivity index (χ3n) is 4.11. The van der Waals surface area contributed by atoms with Crippen molar-refractivity contribution < 1.29 is 0 Å². The third-order valence-corrected chi connectivity index (χ3v) is 5.55. The summed E-state index contributed by atoms with van der Waals surface area (Å²) in [5.74, 6) is 0. The van der Waals surface area contributed by atoms with Crippen LogP contribution < -0.4 is 5.73 Å². The van der Waals surface area contributed by atoms with E-state index in [0.29, 0.717) is 0 Å². The number of rotatable bonds is 3. The van der Waals surface area contributed by atoms with Crippen LogP contribution in [0.1, 0.15) is 50.4 Å². The van der Waals surface area contributed by atoms with Gasteiger partial charge in [0.25, 0.3) is 0 Å². The first-order valence-electron chi connectivity index (χ1n) is 6.77. The summed E-state index contributed by atoms with van der Waals surface area (Å²) in [5, 5.41) is 2.84. The van der Waals surface area contributed by atoms with E-state index in [-0.39, 0.29) is 11.6 Å². The number of thiophene rings is 1. The standard InChI is InChI=1S/C14H23ClN2S/c1-14(2,17-8-5-3-4-6-9-17)13(16)12-11(15)7-10-18-12/h7,10,13H,3-6,8-9,16H2,1-2H3. The summed E-state index contributed by atoms with van der Waals surface area (Å²) in [5.41, 5.74) is 6.46. The van der Waals surface area contributed by atoms with Crippen molar-refractivity contribution in [2.24, 2.45) is 5.73 Å². The lowest BCUT2D eigenvalue weighted by atomic mass is 9.91. The molecule has 0 radical (unpaired) electrons. The zero-order valence-electron chi connectivity index (χ0n) is 11.3. The number of hydrogen-bond donors (Lipinski definition) is 1. The first kappa shape index (κ1) is 14.3. The summed E-state index contributed by atoms with van der Waals surface area (Å²) in [4.78, 5) is 3.66. The maximum absolute atomic E-state index is 6.48. The van der Waals surface area contributed by atoms with Crippen LogP contribution in [0.3, 0.4) is 0 Å². The van der Waals surface area contributed by atoms with Gasteiger partial charge in [0.05, 0.1) is 11.1 Å². The Balaban J connectivity index is 2.16. The van der Waals surface area contributed by atoms with Crippen LogP contribution in [-0.4, -0.2) is 23.5 Å². The maximum Gasteiger partial charge on any atom is 0.0586 e. The fourth-order valence-corrected chi connectivity index (χ4v) is 4.05. The average molecular weight is 287 g/mol. The summed E-state index contributed by atoms with van der Waals surface area (Å²) in [6, 6.07) is 1.93. The summed E-state index contributed by atoms with van der Waals surface area (Å²) >= 11 is 7.89. The molecule has 1 fully saturated rings. The molecule has 2 rings (SSSR count). The minimum absolute atomic E-state index is 0.0110. The molecule has 1 unspecified atom stereocenters. The van der Waals surface area contributed by atoms with Crippen LogP contribution in [0.5, 0.6) is 0 Å². The van der Waals surface area contributed by atoms with Gasteiger partial charge in [0.1, 0.15) is 0 Å². The lowest BCUT2D eigenvalue weighted by Crippen LogP contribution is -2.51. The highest BCUT2D eigenvalue weighted by Gasteiger charge is 2.35. The predicted octanol–water partition coefficient (Wildman–Crippen LogP) is 4.06. The Morgan fingerprint density at radius 1 is 1.28 bits per heavy atom. The molecule has 1 atom stereocenters. The van der Waals surface area contributed by atoms with Gasteiger partial charge in [-0.25, -0.2) is 0 Å². The lowest BCUT2D eigenvalue weighted by Gasteiger charge is -2.42. The van der Waals surface area contributed by atoms with Gasteiger partial charge in [0.2, 0.25) is 0 Å². The van der Waals surface area contributed by atoms with Gasteiger partial charge < -0.3 is 5.73 Å². The number of nitrogens with two attached hydrogens (primary N) is 1. The minimum atomic E-state index is -0.0289. The van der Waals surface area contributed by atoms with Crippen LogP contribution in [0.15, 0.2) is 11.4 Å². The molecule has 2 N–H and O–H groups in total. The van der Waals surface area contributed by atoms with Crippen LogP contribution in [0.25, 0.3) is 0 Å². The van der Waals surface area contributed by atoms with Crippen LogP contribution in [0.2, 0.25) is 5.02 Å². The monoisotopic (exact) mass is 286 g/mol. The normalized spacial score (nSPS) is 20.7. The largest absolute Gasteiger partial charge is 0.322 e. The minimum Gasteiger partial charge on any atom is -0.322 e. The summed E-state index contributed by atoms with van der Waals surface area (Å²) < 4.78 is 0. The number of likely N-dealkylation sites (tertiary alicyclic amines) is 1. The molecule has 0 saturated carbocycles. The molecule has 1 aromatic heterocycles. The van der Waals surface area contributed by atoms with Gasteiger partial charge in [-0.05, 0) is 51.2 Å². The molecule has 1 aliphatic rings. The van der Waals surface area contributed by atoms with Gasteiger partial charge in [-0.15, -0.1) is 11.3 Å². The number of hydrogen-bond acceptors (Lipinski definition) is 3. The van der Waals surface area contributed by atoms with Crippen molar-refractivity contribution in [1.29, 1.82) is 0 Å². The van der Waals surface area contributed by atoms with E-state index in [4.69, 9.17) is 17.3 Å². The maximum atomic E-state index is 6.48. The molecule has 0 amide bonds. The predicted molar refractivity (Wildman–Crippen MR) is 80.4 cm³/mol. The second-order valence-corrected chi connectivity index (χ2v) is 7.02. The van der Waals surface area contributed by atoms with E-state index in [1.165, 1.54) is 25.7 Å². The van der Waals surface area contributed by atoms with Gasteiger partial charge >= 0.3 is 0 Å². The Hall–Kier alpha value is -0.0900. The SMILES string of the molecule is CC(C)(C(N)c1sccc1Cl)N1CCCCCC1. The smallest absolute Gasteiger partial charge is 0.0586 e. The quantitative estimate of drug-likeness (QED) is 0.908. The van der Waals surface area contributed by atoms with Crippen molar-refractivity contribution >= 4 is 22.9 Å². The Labute approximate surface area is 119 Å². The number of halogens is 1. The number of nitrogens with zero attached hydrogens (tertiary/aromatic N) is 1. The Bertz CT molecular complexity index is 381. The molecule has 4 heteroatoms. The van der Waals surface area contributed by atoms with Crippen LogP contribution in [0, 0.1) is 0 Å². The first-order chi connectivity index (χ1) is 8.53. The Kier molecular flexibility index (Phi) is 4.70. The topological polar surface area (TPSA) is 29.3 Å². The summed E-state index contributed by atoms with van der Waals surface area (Å²) in [7, 11) is 0. The average Bonchev–Trinajstić information content (AvgIpc) is 2.61. The molecule has 0 spiro atoms. The Morgan fingerprint density at radius 3 is 2.39 bits per heavy atom. The molecule has 18 heavy (non-hydrogen) atoms. The van der Waals surface area contributed by atoms with Crippen molar-refractivity contribution in [2.45, 2.75) is 51.1 Å². The summed E-state index contributed by atoms with van der Waals surface area (Å²) in [6.07, 6.45) is 5.27. The second kappa shape index (κ2) is 5.91. The zero-order valence-corrected chi connectivity index (χ0v) is 12.9. The van der Waals surface area contributed by atoms with E-state index < -0.39 is 0 Å². The molecule has 0 aromatic carbocycles. The zero-order chi connectivity index (χ0) is 13.2. The highest BCUT2D eigenvalue weighted by Crippen LogP contribution is 2.37. The molecular weight excluding hydrogens is 264 g/mol. The van der Waals surface area contributed by atoms with Gasteiger partial charge in [-0.2, -0.15) is 0 Å². The lowest BCUT2D eigenvalue weighted by molar-refractivity contribution is 0.0992. The van der Waals surface area contributed by atoms with E-state index in [0.717, 1.165) is 23.0 Å². The molecule has 1 aliphatic heterocycles. The fraction of sp³-hybridized carbons (Fsp3) is 0.714. The van der Waals surface area contributed by atoms with Crippen molar-refractivity contribution in [3.63, 3.8) is 0 Å². The molecule has 1 aromatic rings. The van der Waals surface area contributed by atoms with Gasteiger partial charge in [-0.1, -0.05) is 24.4 Å². The molecule has 0 aliphatic carbocycles. The molecule has 2 heterocycles. The van der Waals surface area contributed by atoms with E-state index in [2.05, 4.69) is 18.7 Å². The van der Waals surface area contributed by atoms with Crippen LogP contribution in [-0.2, 0) is 0 Å². The van der Waals surface area contributed by atoms with Crippen molar-refractivity contribution in [3.8, 4) is 0 Å².